The number of aryl methyl sites for hydroxylation is 1. The van der Waals surface area contributed by atoms with Crippen molar-refractivity contribution in [1.82, 2.24) is 9.78 Å². The fraction of sp³-hybridized carbons (Fsp3) is 0.571. The van der Waals surface area contributed by atoms with E-state index in [9.17, 15) is 0 Å². The quantitative estimate of drug-likeness (QED) is 0.635. The van der Waals surface area contributed by atoms with Crippen LogP contribution in [0.1, 0.15) is 11.4 Å². The third-order valence-corrected chi connectivity index (χ3v) is 1.75. The highest BCUT2D eigenvalue weighted by Gasteiger charge is 2.05. The van der Waals surface area contributed by atoms with Crippen LogP contribution in [0.4, 0.5) is 5.69 Å². The van der Waals surface area contributed by atoms with Crippen molar-refractivity contribution in [2.24, 2.45) is 0 Å². The molecule has 0 saturated carbocycles. The van der Waals surface area contributed by atoms with Gasteiger partial charge in [0, 0.05) is 0 Å². The van der Waals surface area contributed by atoms with Crippen LogP contribution in [0.5, 0.6) is 0 Å². The molecule has 1 heterocycles. The summed E-state index contributed by atoms with van der Waals surface area (Å²) < 4.78 is 1.71. The summed E-state index contributed by atoms with van der Waals surface area (Å²) in [5.74, 6) is 0. The van der Waals surface area contributed by atoms with Gasteiger partial charge < -0.3 is 10.8 Å². The first-order valence-corrected chi connectivity index (χ1v) is 3.57. The molecule has 3 N–H and O–H groups in total. The van der Waals surface area contributed by atoms with Gasteiger partial charge in [-0.3, -0.25) is 4.68 Å². The first kappa shape index (κ1) is 8.07. The molecule has 62 valence electrons. The van der Waals surface area contributed by atoms with Crippen LogP contribution in [-0.2, 0) is 6.54 Å². The summed E-state index contributed by atoms with van der Waals surface area (Å²) in [4.78, 5) is 0. The number of rotatable bonds is 2. The lowest BCUT2D eigenvalue weighted by Crippen LogP contribution is -2.05. The van der Waals surface area contributed by atoms with E-state index in [1.165, 1.54) is 0 Å². The van der Waals surface area contributed by atoms with Crippen molar-refractivity contribution in [3.63, 3.8) is 0 Å². The van der Waals surface area contributed by atoms with Crippen LogP contribution in [0.15, 0.2) is 0 Å². The SMILES string of the molecule is Cc1nn(CCO)c(C)c1N. The van der Waals surface area contributed by atoms with E-state index in [-0.39, 0.29) is 6.61 Å². The lowest BCUT2D eigenvalue weighted by molar-refractivity contribution is 0.268. The lowest BCUT2D eigenvalue weighted by Gasteiger charge is -1.99. The maximum absolute atomic E-state index is 8.64. The number of nitrogens with two attached hydrogens (primary N) is 1. The van der Waals surface area contributed by atoms with Gasteiger partial charge in [-0.1, -0.05) is 0 Å². The Morgan fingerprint density at radius 1 is 1.55 bits per heavy atom. The largest absolute Gasteiger partial charge is 0.396 e. The zero-order valence-corrected chi connectivity index (χ0v) is 6.83. The number of aliphatic hydroxyl groups excluding tert-OH is 1. The summed E-state index contributed by atoms with van der Waals surface area (Å²) in [5, 5.41) is 12.8. The minimum atomic E-state index is 0.0986. The number of hydrogen-bond donors (Lipinski definition) is 2. The van der Waals surface area contributed by atoms with E-state index in [2.05, 4.69) is 5.10 Å². The van der Waals surface area contributed by atoms with Gasteiger partial charge in [0.15, 0.2) is 0 Å². The minimum absolute atomic E-state index is 0.0986. The number of anilines is 1. The van der Waals surface area contributed by atoms with Crippen molar-refractivity contribution in [3.05, 3.63) is 11.4 Å². The molecular weight excluding hydrogens is 142 g/mol. The molecular formula is C7H13N3O. The molecule has 0 unspecified atom stereocenters. The molecule has 1 rings (SSSR count). The summed E-state index contributed by atoms with van der Waals surface area (Å²) in [5.41, 5.74) is 8.15. The lowest BCUT2D eigenvalue weighted by atomic mass is 10.3. The Labute approximate surface area is 65.6 Å². The third-order valence-electron chi connectivity index (χ3n) is 1.75. The summed E-state index contributed by atoms with van der Waals surface area (Å²) >= 11 is 0. The maximum Gasteiger partial charge on any atom is 0.0825 e. The number of hydrogen-bond acceptors (Lipinski definition) is 3. The Morgan fingerprint density at radius 3 is 2.55 bits per heavy atom. The van der Waals surface area contributed by atoms with Gasteiger partial charge in [-0.05, 0) is 13.8 Å². The van der Waals surface area contributed by atoms with Crippen LogP contribution < -0.4 is 5.73 Å². The van der Waals surface area contributed by atoms with E-state index in [1.807, 2.05) is 13.8 Å². The number of nitrogens with zero attached hydrogens (tertiary/aromatic N) is 2. The Bertz CT molecular complexity index is 254. The van der Waals surface area contributed by atoms with Crippen molar-refractivity contribution in [2.45, 2.75) is 20.4 Å². The van der Waals surface area contributed by atoms with Crippen molar-refractivity contribution in [1.29, 1.82) is 0 Å². The zero-order chi connectivity index (χ0) is 8.43. The van der Waals surface area contributed by atoms with Crippen LogP contribution in [-0.4, -0.2) is 21.5 Å². The number of nitrogen functional groups attached to an aromatic ring is 1. The Kier molecular flexibility index (Phi) is 2.14. The monoisotopic (exact) mass is 155 g/mol. The standard InChI is InChI=1S/C7H13N3O/c1-5-7(8)6(2)10(9-5)3-4-11/h11H,3-4,8H2,1-2H3. The average Bonchev–Trinajstić information content (AvgIpc) is 2.19. The van der Waals surface area contributed by atoms with Crippen LogP contribution in [0.25, 0.3) is 0 Å². The molecule has 0 aliphatic rings. The van der Waals surface area contributed by atoms with Gasteiger partial charge in [-0.25, -0.2) is 0 Å². The molecule has 0 fully saturated rings. The molecule has 0 aromatic carbocycles. The fourth-order valence-corrected chi connectivity index (χ4v) is 1.02. The molecule has 4 heteroatoms. The first-order valence-electron chi connectivity index (χ1n) is 3.57. The van der Waals surface area contributed by atoms with E-state index >= 15 is 0 Å². The van der Waals surface area contributed by atoms with Gasteiger partial charge in [-0.15, -0.1) is 0 Å². The Balaban J connectivity index is 2.98. The highest BCUT2D eigenvalue weighted by Crippen LogP contribution is 2.13. The molecule has 0 aliphatic heterocycles. The summed E-state index contributed by atoms with van der Waals surface area (Å²) in [6, 6.07) is 0. The minimum Gasteiger partial charge on any atom is -0.396 e. The highest BCUT2D eigenvalue weighted by molar-refractivity contribution is 5.46. The third kappa shape index (κ3) is 1.35. The molecule has 0 radical (unpaired) electrons. The number of aromatic nitrogens is 2. The van der Waals surface area contributed by atoms with Crippen LogP contribution in [0, 0.1) is 13.8 Å². The van der Waals surface area contributed by atoms with Gasteiger partial charge in [0.2, 0.25) is 0 Å². The van der Waals surface area contributed by atoms with E-state index in [0.29, 0.717) is 6.54 Å². The molecule has 0 atom stereocenters. The average molecular weight is 155 g/mol. The van der Waals surface area contributed by atoms with E-state index in [1.54, 1.807) is 4.68 Å². The molecule has 0 aliphatic carbocycles. The van der Waals surface area contributed by atoms with Crippen LogP contribution >= 0.6 is 0 Å². The second kappa shape index (κ2) is 2.92. The van der Waals surface area contributed by atoms with Gasteiger partial charge in [-0.2, -0.15) is 5.10 Å². The van der Waals surface area contributed by atoms with Crippen LogP contribution in [0.2, 0.25) is 0 Å². The van der Waals surface area contributed by atoms with Gasteiger partial charge in [0.25, 0.3) is 0 Å². The van der Waals surface area contributed by atoms with Crippen molar-refractivity contribution >= 4 is 5.69 Å². The fourth-order valence-electron chi connectivity index (χ4n) is 1.02. The zero-order valence-electron chi connectivity index (χ0n) is 6.83. The molecule has 11 heavy (non-hydrogen) atoms. The van der Waals surface area contributed by atoms with E-state index in [4.69, 9.17) is 10.8 Å². The predicted octanol–water partition coefficient (Wildman–Crippen LogP) is 0.0744. The normalized spacial score (nSPS) is 10.5. The molecule has 0 bridgehead atoms. The first-order chi connectivity index (χ1) is 5.16. The van der Waals surface area contributed by atoms with Crippen molar-refractivity contribution in [2.75, 3.05) is 12.3 Å². The van der Waals surface area contributed by atoms with Gasteiger partial charge in [0.1, 0.15) is 0 Å². The molecule has 0 amide bonds. The van der Waals surface area contributed by atoms with E-state index < -0.39 is 0 Å². The predicted molar refractivity (Wildman–Crippen MR) is 43.2 cm³/mol. The second-order valence-electron chi connectivity index (χ2n) is 2.53. The second-order valence-corrected chi connectivity index (χ2v) is 2.53. The van der Waals surface area contributed by atoms with Gasteiger partial charge >= 0.3 is 0 Å². The number of aliphatic hydroxyl groups is 1. The summed E-state index contributed by atoms with van der Waals surface area (Å²) in [6.45, 7) is 4.37. The topological polar surface area (TPSA) is 64.1 Å². The Hall–Kier alpha value is -1.03. The van der Waals surface area contributed by atoms with E-state index in [0.717, 1.165) is 17.1 Å². The summed E-state index contributed by atoms with van der Waals surface area (Å²) in [7, 11) is 0. The molecule has 1 aromatic rings. The van der Waals surface area contributed by atoms with Crippen molar-refractivity contribution in [3.8, 4) is 0 Å². The molecule has 4 nitrogen and oxygen atoms in total. The summed E-state index contributed by atoms with van der Waals surface area (Å²) in [6.07, 6.45) is 0. The van der Waals surface area contributed by atoms with Crippen molar-refractivity contribution < 1.29 is 5.11 Å². The molecule has 0 spiro atoms. The Morgan fingerprint density at radius 2 is 2.18 bits per heavy atom. The maximum atomic E-state index is 8.64. The highest BCUT2D eigenvalue weighted by atomic mass is 16.3. The smallest absolute Gasteiger partial charge is 0.0825 e. The van der Waals surface area contributed by atoms with Gasteiger partial charge in [0.05, 0.1) is 30.2 Å². The van der Waals surface area contributed by atoms with Crippen LogP contribution in [0.3, 0.4) is 0 Å². The molecule has 0 saturated heterocycles. The molecule has 1 aromatic heterocycles.